The molecule has 0 aliphatic carbocycles. The zero-order chi connectivity index (χ0) is 21.3. The topological polar surface area (TPSA) is 69.7 Å². The maximum absolute atomic E-state index is 12.2. The van der Waals surface area contributed by atoms with Gasteiger partial charge in [0.25, 0.3) is 0 Å². The minimum atomic E-state index is -0.780. The van der Waals surface area contributed by atoms with Gasteiger partial charge in [0.2, 0.25) is 0 Å². The molecule has 0 heterocycles. The van der Waals surface area contributed by atoms with Gasteiger partial charge in [-0.25, -0.2) is 4.79 Å². The molecule has 0 saturated heterocycles. The fraction of sp³-hybridized carbons (Fsp3) is 0.160. The number of hydrogen-bond acceptors (Lipinski definition) is 5. The van der Waals surface area contributed by atoms with Crippen molar-refractivity contribution in [2.75, 3.05) is 6.61 Å². The van der Waals surface area contributed by atoms with E-state index in [1.807, 2.05) is 60.7 Å². The van der Waals surface area contributed by atoms with Gasteiger partial charge >= 0.3 is 11.9 Å². The van der Waals surface area contributed by atoms with Gasteiger partial charge in [-0.3, -0.25) is 9.59 Å². The molecule has 0 N–H and O–H groups in total. The number of Topliss-reactive ketones (excluding diaryl/α,β-unsaturated/α-hetero) is 1. The summed E-state index contributed by atoms with van der Waals surface area (Å²) in [5, 5.41) is 1.74. The second kappa shape index (κ2) is 10.2. The molecule has 0 radical (unpaired) electrons. The van der Waals surface area contributed by atoms with Crippen LogP contribution >= 0.6 is 0 Å². The Hall–Kier alpha value is -3.73. The molecule has 0 fully saturated rings. The van der Waals surface area contributed by atoms with Crippen molar-refractivity contribution in [1.82, 2.24) is 0 Å². The maximum atomic E-state index is 12.2. The van der Waals surface area contributed by atoms with Gasteiger partial charge in [-0.1, -0.05) is 73.3 Å². The van der Waals surface area contributed by atoms with E-state index in [9.17, 15) is 14.4 Å². The largest absolute Gasteiger partial charge is 0.454 e. The van der Waals surface area contributed by atoms with Gasteiger partial charge in [-0.15, -0.1) is 0 Å². The zero-order valence-corrected chi connectivity index (χ0v) is 16.5. The van der Waals surface area contributed by atoms with Crippen molar-refractivity contribution < 1.29 is 23.9 Å². The SMILES string of the molecule is C=C(CC(=O)Oc1cccc2ccccc12)C(=O)OCC(=O)CCc1ccccc1. The molecule has 0 saturated carbocycles. The summed E-state index contributed by atoms with van der Waals surface area (Å²) in [7, 11) is 0. The van der Waals surface area contributed by atoms with Crippen molar-refractivity contribution in [3.63, 3.8) is 0 Å². The number of esters is 2. The van der Waals surface area contributed by atoms with Gasteiger partial charge in [-0.05, 0) is 23.4 Å². The molecule has 3 rings (SSSR count). The lowest BCUT2D eigenvalue weighted by atomic mass is 10.1. The Morgan fingerprint density at radius 1 is 0.833 bits per heavy atom. The van der Waals surface area contributed by atoms with Crippen molar-refractivity contribution in [2.45, 2.75) is 19.3 Å². The average molecular weight is 402 g/mol. The van der Waals surface area contributed by atoms with E-state index in [0.29, 0.717) is 12.2 Å². The third kappa shape index (κ3) is 5.88. The number of fused-ring (bicyclic) bond motifs is 1. The summed E-state index contributed by atoms with van der Waals surface area (Å²) >= 11 is 0. The van der Waals surface area contributed by atoms with E-state index in [-0.39, 0.29) is 30.8 Å². The van der Waals surface area contributed by atoms with Crippen molar-refractivity contribution in [3.05, 3.63) is 90.5 Å². The normalized spacial score (nSPS) is 10.4. The summed E-state index contributed by atoms with van der Waals surface area (Å²) in [4.78, 5) is 36.2. The van der Waals surface area contributed by atoms with E-state index in [1.54, 1.807) is 12.1 Å². The third-order valence-corrected chi connectivity index (χ3v) is 4.52. The van der Waals surface area contributed by atoms with Crippen LogP contribution in [0.25, 0.3) is 10.8 Å². The lowest BCUT2D eigenvalue weighted by Gasteiger charge is -2.09. The molecule has 152 valence electrons. The number of benzene rings is 3. The molecule has 30 heavy (non-hydrogen) atoms. The van der Waals surface area contributed by atoms with Crippen LogP contribution in [0.2, 0.25) is 0 Å². The summed E-state index contributed by atoms with van der Waals surface area (Å²) in [6, 6.07) is 22.5. The summed E-state index contributed by atoms with van der Waals surface area (Å²) in [6.45, 7) is 3.24. The average Bonchev–Trinajstić information content (AvgIpc) is 2.77. The van der Waals surface area contributed by atoms with Crippen LogP contribution < -0.4 is 4.74 Å². The Morgan fingerprint density at radius 3 is 2.33 bits per heavy atom. The van der Waals surface area contributed by atoms with Crippen LogP contribution in [0.4, 0.5) is 0 Å². The second-order valence-electron chi connectivity index (χ2n) is 6.83. The van der Waals surface area contributed by atoms with Crippen molar-refractivity contribution in [3.8, 4) is 5.75 Å². The highest BCUT2D eigenvalue weighted by Gasteiger charge is 2.17. The quantitative estimate of drug-likeness (QED) is 0.301. The van der Waals surface area contributed by atoms with Crippen molar-refractivity contribution >= 4 is 28.5 Å². The minimum absolute atomic E-state index is 0.0592. The number of ketones is 1. The van der Waals surface area contributed by atoms with Gasteiger partial charge in [0, 0.05) is 17.4 Å². The molecule has 5 nitrogen and oxygen atoms in total. The Bertz CT molecular complexity index is 1060. The van der Waals surface area contributed by atoms with E-state index in [0.717, 1.165) is 16.3 Å². The molecule has 0 bridgehead atoms. The first-order valence-electron chi connectivity index (χ1n) is 9.62. The third-order valence-electron chi connectivity index (χ3n) is 4.52. The number of carbonyl (C=O) groups is 3. The number of aryl methyl sites for hydroxylation is 1. The van der Waals surface area contributed by atoms with Crippen LogP contribution in [0.15, 0.2) is 84.9 Å². The minimum Gasteiger partial charge on any atom is -0.454 e. The van der Waals surface area contributed by atoms with E-state index >= 15 is 0 Å². The van der Waals surface area contributed by atoms with Crippen LogP contribution in [0.5, 0.6) is 5.75 Å². The van der Waals surface area contributed by atoms with E-state index < -0.39 is 11.9 Å². The Labute approximate surface area is 174 Å². The standard InChI is InChI=1S/C25H22O5/c1-18(25(28)29-17-21(26)15-14-19-8-3-2-4-9-19)16-24(27)30-23-13-7-11-20-10-5-6-12-22(20)23/h2-13H,1,14-17H2. The predicted octanol–water partition coefficient (Wildman–Crippen LogP) is 4.44. The Balaban J connectivity index is 1.45. The molecular formula is C25H22O5. The molecule has 3 aromatic rings. The summed E-state index contributed by atoms with van der Waals surface area (Å²) in [5.41, 5.74) is 0.980. The van der Waals surface area contributed by atoms with Gasteiger partial charge < -0.3 is 9.47 Å². The van der Waals surface area contributed by atoms with E-state index in [1.165, 1.54) is 0 Å². The summed E-state index contributed by atoms with van der Waals surface area (Å²) in [5.74, 6) is -1.18. The van der Waals surface area contributed by atoms with Gasteiger partial charge in [0.15, 0.2) is 5.78 Å². The molecule has 3 aromatic carbocycles. The van der Waals surface area contributed by atoms with Crippen LogP contribution in [0.3, 0.4) is 0 Å². The van der Waals surface area contributed by atoms with E-state index in [4.69, 9.17) is 9.47 Å². The lowest BCUT2D eigenvalue weighted by molar-refractivity contribution is -0.145. The molecule has 5 heteroatoms. The fourth-order valence-corrected chi connectivity index (χ4v) is 2.94. The Morgan fingerprint density at radius 2 is 1.53 bits per heavy atom. The lowest BCUT2D eigenvalue weighted by Crippen LogP contribution is -2.18. The smallest absolute Gasteiger partial charge is 0.334 e. The summed E-state index contributed by atoms with van der Waals surface area (Å²) < 4.78 is 10.4. The van der Waals surface area contributed by atoms with Gasteiger partial charge in [-0.2, -0.15) is 0 Å². The molecule has 0 amide bonds. The highest BCUT2D eigenvalue weighted by Crippen LogP contribution is 2.25. The van der Waals surface area contributed by atoms with E-state index in [2.05, 4.69) is 6.58 Å². The first kappa shape index (κ1) is 21.0. The molecule has 0 aliphatic heterocycles. The highest BCUT2D eigenvalue weighted by molar-refractivity contribution is 5.96. The van der Waals surface area contributed by atoms with Crippen molar-refractivity contribution in [2.24, 2.45) is 0 Å². The molecular weight excluding hydrogens is 380 g/mol. The highest BCUT2D eigenvalue weighted by atomic mass is 16.5. The van der Waals surface area contributed by atoms with Crippen LogP contribution in [-0.2, 0) is 25.5 Å². The number of hydrogen-bond donors (Lipinski definition) is 0. The van der Waals surface area contributed by atoms with Crippen LogP contribution in [0, 0.1) is 0 Å². The number of carbonyl (C=O) groups excluding carboxylic acids is 3. The molecule has 0 aliphatic rings. The maximum Gasteiger partial charge on any atom is 0.334 e. The summed E-state index contributed by atoms with van der Waals surface area (Å²) in [6.07, 6.45) is 0.530. The van der Waals surface area contributed by atoms with Crippen LogP contribution in [0.1, 0.15) is 18.4 Å². The second-order valence-corrected chi connectivity index (χ2v) is 6.83. The fourth-order valence-electron chi connectivity index (χ4n) is 2.94. The van der Waals surface area contributed by atoms with Crippen LogP contribution in [-0.4, -0.2) is 24.3 Å². The monoisotopic (exact) mass is 402 g/mol. The van der Waals surface area contributed by atoms with Gasteiger partial charge in [0.1, 0.15) is 12.4 Å². The first-order chi connectivity index (χ1) is 14.5. The number of ether oxygens (including phenoxy) is 2. The predicted molar refractivity (Wildman–Crippen MR) is 114 cm³/mol. The molecule has 0 aromatic heterocycles. The van der Waals surface area contributed by atoms with Crippen molar-refractivity contribution in [1.29, 1.82) is 0 Å². The molecule has 0 spiro atoms. The first-order valence-corrected chi connectivity index (χ1v) is 9.62. The number of rotatable bonds is 9. The Kier molecular flexibility index (Phi) is 7.11. The molecule has 0 unspecified atom stereocenters. The van der Waals surface area contributed by atoms with Gasteiger partial charge in [0.05, 0.1) is 6.42 Å². The molecule has 0 atom stereocenters. The zero-order valence-electron chi connectivity index (χ0n) is 16.5.